The van der Waals surface area contributed by atoms with E-state index in [-0.39, 0.29) is 31.0 Å². The Morgan fingerprint density at radius 1 is 1.50 bits per heavy atom. The quantitative estimate of drug-likeness (QED) is 0.503. The highest BCUT2D eigenvalue weighted by atomic mass is 32.2. The van der Waals surface area contributed by atoms with Gasteiger partial charge in [-0.05, 0) is 18.4 Å². The van der Waals surface area contributed by atoms with E-state index in [0.717, 1.165) is 0 Å². The fraction of sp³-hybridized carbons (Fsp3) is 0.385. The number of carbonyl (C=O) groups excluding carboxylic acids is 1. The van der Waals surface area contributed by atoms with Crippen LogP contribution in [0.3, 0.4) is 0 Å². The zero-order valence-corrected chi connectivity index (χ0v) is 12.5. The number of amides is 1. The van der Waals surface area contributed by atoms with Crippen LogP contribution in [0.5, 0.6) is 0 Å². The van der Waals surface area contributed by atoms with Crippen molar-refractivity contribution < 1.29 is 24.4 Å². The van der Waals surface area contributed by atoms with E-state index in [9.17, 15) is 19.7 Å². The largest absolute Gasteiger partial charge is 0.480 e. The first kappa shape index (κ1) is 16.2. The monoisotopic (exact) mass is 326 g/mol. The number of rotatable bonds is 4. The minimum atomic E-state index is -1.16. The van der Waals surface area contributed by atoms with Crippen molar-refractivity contribution in [1.82, 2.24) is 4.90 Å². The lowest BCUT2D eigenvalue weighted by Gasteiger charge is -2.32. The standard InChI is InChI=1S/C13H14N2O6S/c1-22-11-3-2-8(6-9(11)15(19)20)12(16)14-4-5-21-7-10(14)13(17)18/h2-3,6,10H,4-5,7H2,1H3,(H,17,18). The third-order valence-corrected chi connectivity index (χ3v) is 4.08. The Balaban J connectivity index is 2.34. The van der Waals surface area contributed by atoms with Gasteiger partial charge in [0.2, 0.25) is 0 Å². The van der Waals surface area contributed by atoms with Crippen LogP contribution >= 0.6 is 11.8 Å². The average molecular weight is 326 g/mol. The van der Waals surface area contributed by atoms with Gasteiger partial charge in [-0.15, -0.1) is 11.8 Å². The number of thioether (sulfide) groups is 1. The molecule has 1 saturated heterocycles. The predicted molar refractivity (Wildman–Crippen MR) is 78.2 cm³/mol. The molecule has 118 valence electrons. The van der Waals surface area contributed by atoms with E-state index < -0.39 is 22.8 Å². The molecule has 0 aromatic heterocycles. The van der Waals surface area contributed by atoms with Crippen LogP contribution in [-0.4, -0.2) is 58.9 Å². The lowest BCUT2D eigenvalue weighted by molar-refractivity contribution is -0.387. The SMILES string of the molecule is CSc1ccc(C(=O)N2CCOCC2C(=O)O)cc1[N+](=O)[O-]. The van der Waals surface area contributed by atoms with Gasteiger partial charge in [0.1, 0.15) is 0 Å². The first-order valence-electron chi connectivity index (χ1n) is 6.39. The summed E-state index contributed by atoms with van der Waals surface area (Å²) in [5.74, 6) is -1.71. The van der Waals surface area contributed by atoms with Gasteiger partial charge in [-0.25, -0.2) is 4.79 Å². The Kier molecular flexibility index (Phi) is 4.99. The highest BCUT2D eigenvalue weighted by Gasteiger charge is 2.33. The zero-order valence-electron chi connectivity index (χ0n) is 11.7. The molecule has 0 radical (unpaired) electrons. The topological polar surface area (TPSA) is 110 Å². The van der Waals surface area contributed by atoms with E-state index in [1.807, 2.05) is 0 Å². The van der Waals surface area contributed by atoms with E-state index in [0.29, 0.717) is 4.90 Å². The predicted octanol–water partition coefficient (Wildman–Crippen LogP) is 1.24. The highest BCUT2D eigenvalue weighted by molar-refractivity contribution is 7.98. The molecule has 0 aliphatic carbocycles. The average Bonchev–Trinajstić information content (AvgIpc) is 2.53. The molecular formula is C13H14N2O6S. The molecule has 1 N–H and O–H groups in total. The Morgan fingerprint density at radius 2 is 2.23 bits per heavy atom. The Morgan fingerprint density at radius 3 is 2.82 bits per heavy atom. The van der Waals surface area contributed by atoms with Gasteiger partial charge < -0.3 is 14.7 Å². The Bertz CT molecular complexity index is 621. The molecule has 22 heavy (non-hydrogen) atoms. The smallest absolute Gasteiger partial charge is 0.328 e. The molecule has 8 nitrogen and oxygen atoms in total. The van der Waals surface area contributed by atoms with Gasteiger partial charge in [0.05, 0.1) is 23.0 Å². The summed E-state index contributed by atoms with van der Waals surface area (Å²) in [5, 5.41) is 20.2. The molecule has 1 aromatic carbocycles. The fourth-order valence-corrected chi connectivity index (χ4v) is 2.73. The number of ether oxygens (including phenoxy) is 1. The second-order valence-corrected chi connectivity index (χ2v) is 5.42. The highest BCUT2D eigenvalue weighted by Crippen LogP contribution is 2.29. The summed E-state index contributed by atoms with van der Waals surface area (Å²) in [7, 11) is 0. The van der Waals surface area contributed by atoms with Crippen LogP contribution in [0.4, 0.5) is 5.69 Å². The van der Waals surface area contributed by atoms with E-state index in [2.05, 4.69) is 0 Å². The number of hydrogen-bond donors (Lipinski definition) is 1. The summed E-state index contributed by atoms with van der Waals surface area (Å²) < 4.78 is 5.07. The molecule has 9 heteroatoms. The first-order valence-corrected chi connectivity index (χ1v) is 7.62. The molecule has 1 aromatic rings. The number of aliphatic carboxylic acids is 1. The van der Waals surface area contributed by atoms with Gasteiger partial charge in [-0.2, -0.15) is 0 Å². The second kappa shape index (κ2) is 6.75. The van der Waals surface area contributed by atoms with Gasteiger partial charge in [-0.1, -0.05) is 0 Å². The van der Waals surface area contributed by atoms with Crippen molar-refractivity contribution >= 4 is 29.3 Å². The Hall–Kier alpha value is -2.13. The normalized spacial score (nSPS) is 18.0. The third-order valence-electron chi connectivity index (χ3n) is 3.30. The maximum atomic E-state index is 12.5. The number of carbonyl (C=O) groups is 2. The van der Waals surface area contributed by atoms with Crippen LogP contribution in [0.1, 0.15) is 10.4 Å². The van der Waals surface area contributed by atoms with E-state index in [1.54, 1.807) is 6.26 Å². The van der Waals surface area contributed by atoms with Crippen molar-refractivity contribution in [3.63, 3.8) is 0 Å². The maximum Gasteiger partial charge on any atom is 0.328 e. The van der Waals surface area contributed by atoms with Crippen molar-refractivity contribution in [2.24, 2.45) is 0 Å². The van der Waals surface area contributed by atoms with Gasteiger partial charge in [0, 0.05) is 18.2 Å². The number of carboxylic acid groups (broad SMARTS) is 1. The number of nitro groups is 1. The minimum absolute atomic E-state index is 0.0912. The van der Waals surface area contributed by atoms with E-state index >= 15 is 0 Å². The number of nitro benzene ring substituents is 1. The number of morpholine rings is 1. The molecule has 1 heterocycles. The summed E-state index contributed by atoms with van der Waals surface area (Å²) in [6, 6.07) is 3.06. The zero-order chi connectivity index (χ0) is 16.3. The summed E-state index contributed by atoms with van der Waals surface area (Å²) >= 11 is 1.20. The van der Waals surface area contributed by atoms with Crippen LogP contribution in [0.2, 0.25) is 0 Å². The molecule has 1 amide bonds. The maximum absolute atomic E-state index is 12.5. The number of carboxylic acids is 1. The minimum Gasteiger partial charge on any atom is -0.480 e. The van der Waals surface area contributed by atoms with Crippen LogP contribution in [0, 0.1) is 10.1 Å². The van der Waals surface area contributed by atoms with Gasteiger partial charge in [-0.3, -0.25) is 14.9 Å². The molecule has 0 saturated carbocycles. The van der Waals surface area contributed by atoms with Crippen molar-refractivity contribution in [3.8, 4) is 0 Å². The summed E-state index contributed by atoms with van der Waals surface area (Å²) in [6.07, 6.45) is 1.70. The van der Waals surface area contributed by atoms with Crippen LogP contribution < -0.4 is 0 Å². The molecule has 1 atom stereocenters. The second-order valence-electron chi connectivity index (χ2n) is 4.57. The first-order chi connectivity index (χ1) is 10.5. The molecule has 1 aliphatic heterocycles. The van der Waals surface area contributed by atoms with Crippen LogP contribution in [-0.2, 0) is 9.53 Å². The number of benzene rings is 1. The molecule has 1 fully saturated rings. The lowest BCUT2D eigenvalue weighted by Crippen LogP contribution is -2.52. The molecule has 0 spiro atoms. The van der Waals surface area contributed by atoms with Gasteiger partial charge in [0.25, 0.3) is 11.6 Å². The van der Waals surface area contributed by atoms with Gasteiger partial charge >= 0.3 is 5.97 Å². The van der Waals surface area contributed by atoms with E-state index in [4.69, 9.17) is 9.84 Å². The molecular weight excluding hydrogens is 312 g/mol. The van der Waals surface area contributed by atoms with Crippen molar-refractivity contribution in [3.05, 3.63) is 33.9 Å². The molecule has 2 rings (SSSR count). The molecule has 1 aliphatic rings. The third kappa shape index (κ3) is 3.20. The van der Waals surface area contributed by atoms with Crippen molar-refractivity contribution in [1.29, 1.82) is 0 Å². The molecule has 0 bridgehead atoms. The number of nitrogens with zero attached hydrogens (tertiary/aromatic N) is 2. The number of hydrogen-bond acceptors (Lipinski definition) is 6. The summed E-state index contributed by atoms with van der Waals surface area (Å²) in [5.41, 5.74) is -0.0730. The van der Waals surface area contributed by atoms with Crippen LogP contribution in [0.15, 0.2) is 23.1 Å². The summed E-state index contributed by atoms with van der Waals surface area (Å²) in [4.78, 5) is 35.8. The van der Waals surface area contributed by atoms with E-state index in [1.165, 1.54) is 34.9 Å². The Labute approximate surface area is 130 Å². The lowest BCUT2D eigenvalue weighted by atomic mass is 10.1. The van der Waals surface area contributed by atoms with Crippen molar-refractivity contribution in [2.45, 2.75) is 10.9 Å². The molecule has 1 unspecified atom stereocenters. The van der Waals surface area contributed by atoms with Crippen LogP contribution in [0.25, 0.3) is 0 Å². The van der Waals surface area contributed by atoms with Gasteiger partial charge in [0.15, 0.2) is 6.04 Å². The van der Waals surface area contributed by atoms with Crippen molar-refractivity contribution in [2.75, 3.05) is 26.0 Å². The fourth-order valence-electron chi connectivity index (χ4n) is 2.18. The summed E-state index contributed by atoms with van der Waals surface area (Å²) in [6.45, 7) is 0.278.